The number of ether oxygens (including phenoxy) is 1. The number of alkyl halides is 3. The SMILES string of the molecule is C[C@](N)(CCC(=O)O)c1nnc(-c2ccc(Sc3cccc(OCc4ccccc4)c3)c(C(F)(F)F)c2)s1. The highest BCUT2D eigenvalue weighted by molar-refractivity contribution is 7.99. The smallest absolute Gasteiger partial charge is 0.417 e. The molecule has 3 N–H and O–H groups in total. The monoisotopic (exact) mass is 559 g/mol. The van der Waals surface area contributed by atoms with Crippen molar-refractivity contribution in [2.45, 2.75) is 47.9 Å². The number of carbonyl (C=O) groups is 1. The highest BCUT2D eigenvalue weighted by Gasteiger charge is 2.35. The Balaban J connectivity index is 1.55. The highest BCUT2D eigenvalue weighted by Crippen LogP contribution is 2.42. The first kappa shape index (κ1) is 27.6. The van der Waals surface area contributed by atoms with Gasteiger partial charge in [-0.3, -0.25) is 4.79 Å². The largest absolute Gasteiger partial charge is 0.489 e. The van der Waals surface area contributed by atoms with Crippen LogP contribution in [0.25, 0.3) is 10.6 Å². The minimum Gasteiger partial charge on any atom is -0.489 e. The Bertz CT molecular complexity index is 1410. The minimum atomic E-state index is -4.60. The zero-order valence-corrected chi connectivity index (χ0v) is 21.9. The van der Waals surface area contributed by atoms with Crippen LogP contribution in [0, 0.1) is 0 Å². The summed E-state index contributed by atoms with van der Waals surface area (Å²) in [6, 6.07) is 20.5. The van der Waals surface area contributed by atoms with Gasteiger partial charge < -0.3 is 15.6 Å². The molecule has 0 aliphatic carbocycles. The van der Waals surface area contributed by atoms with Crippen LogP contribution < -0.4 is 10.5 Å². The van der Waals surface area contributed by atoms with E-state index in [0.717, 1.165) is 34.7 Å². The maximum absolute atomic E-state index is 14.1. The third-order valence-electron chi connectivity index (χ3n) is 5.59. The van der Waals surface area contributed by atoms with Crippen LogP contribution in [0.4, 0.5) is 13.2 Å². The van der Waals surface area contributed by atoms with Crippen molar-refractivity contribution in [2.75, 3.05) is 0 Å². The second-order valence-corrected chi connectivity index (χ2v) is 10.9. The number of rotatable bonds is 10. The maximum atomic E-state index is 14.1. The van der Waals surface area contributed by atoms with E-state index in [2.05, 4.69) is 10.2 Å². The molecule has 0 saturated heterocycles. The number of aromatic nitrogens is 2. The minimum absolute atomic E-state index is 0.0383. The number of aliphatic carboxylic acids is 1. The lowest BCUT2D eigenvalue weighted by molar-refractivity contribution is -0.140. The number of hydrogen-bond donors (Lipinski definition) is 2. The summed E-state index contributed by atoms with van der Waals surface area (Å²) in [7, 11) is 0. The molecule has 0 bridgehead atoms. The molecule has 3 aromatic carbocycles. The molecule has 0 fully saturated rings. The lowest BCUT2D eigenvalue weighted by Crippen LogP contribution is -2.33. The zero-order chi connectivity index (χ0) is 27.3. The number of nitrogens with zero attached hydrogens (tertiary/aromatic N) is 2. The van der Waals surface area contributed by atoms with Gasteiger partial charge in [0.15, 0.2) is 0 Å². The topological polar surface area (TPSA) is 98.3 Å². The van der Waals surface area contributed by atoms with Crippen molar-refractivity contribution in [3.05, 3.63) is 88.9 Å². The Morgan fingerprint density at radius 3 is 2.53 bits per heavy atom. The molecular weight excluding hydrogens is 535 g/mol. The average Bonchev–Trinajstić information content (AvgIpc) is 3.38. The van der Waals surface area contributed by atoms with E-state index < -0.39 is 23.2 Å². The number of benzene rings is 3. The van der Waals surface area contributed by atoms with Gasteiger partial charge in [-0.05, 0) is 49.2 Å². The second-order valence-electron chi connectivity index (χ2n) is 8.78. The third-order valence-corrected chi connectivity index (χ3v) is 7.90. The fourth-order valence-electron chi connectivity index (χ4n) is 3.51. The summed E-state index contributed by atoms with van der Waals surface area (Å²) in [5.74, 6) is -0.444. The van der Waals surface area contributed by atoms with Crippen molar-refractivity contribution in [1.29, 1.82) is 0 Å². The summed E-state index contributed by atoms with van der Waals surface area (Å²) < 4.78 is 48.0. The highest BCUT2D eigenvalue weighted by atomic mass is 32.2. The first-order valence-corrected chi connectivity index (χ1v) is 13.2. The molecule has 6 nitrogen and oxygen atoms in total. The van der Waals surface area contributed by atoms with Gasteiger partial charge in [-0.1, -0.05) is 65.6 Å². The first-order chi connectivity index (χ1) is 18.0. The van der Waals surface area contributed by atoms with Crippen LogP contribution in [0.5, 0.6) is 5.75 Å². The fourth-order valence-corrected chi connectivity index (χ4v) is 5.44. The van der Waals surface area contributed by atoms with E-state index in [1.165, 1.54) is 6.07 Å². The lowest BCUT2D eigenvalue weighted by atomic mass is 9.98. The van der Waals surface area contributed by atoms with Gasteiger partial charge in [0.05, 0.1) is 11.1 Å². The van der Waals surface area contributed by atoms with E-state index in [1.54, 1.807) is 37.3 Å². The Kier molecular flexibility index (Phi) is 8.39. The van der Waals surface area contributed by atoms with E-state index >= 15 is 0 Å². The quantitative estimate of drug-likeness (QED) is 0.216. The molecule has 4 rings (SSSR count). The number of nitrogens with two attached hydrogens (primary N) is 1. The Morgan fingerprint density at radius 1 is 1.05 bits per heavy atom. The van der Waals surface area contributed by atoms with Gasteiger partial charge in [-0.15, -0.1) is 10.2 Å². The molecule has 11 heteroatoms. The molecule has 1 aromatic heterocycles. The van der Waals surface area contributed by atoms with Crippen LogP contribution in [-0.4, -0.2) is 21.3 Å². The molecule has 0 aliphatic heterocycles. The molecule has 0 radical (unpaired) electrons. The average molecular weight is 560 g/mol. The summed E-state index contributed by atoms with van der Waals surface area (Å²) in [5.41, 5.74) is 5.58. The van der Waals surface area contributed by atoms with Crippen molar-refractivity contribution in [1.82, 2.24) is 10.2 Å². The van der Waals surface area contributed by atoms with Crippen LogP contribution in [0.2, 0.25) is 0 Å². The summed E-state index contributed by atoms with van der Waals surface area (Å²) in [4.78, 5) is 11.5. The predicted octanol–water partition coefficient (Wildman–Crippen LogP) is 6.99. The van der Waals surface area contributed by atoms with E-state index in [0.29, 0.717) is 22.3 Å². The van der Waals surface area contributed by atoms with Gasteiger partial charge in [-0.2, -0.15) is 13.2 Å². The summed E-state index contributed by atoms with van der Waals surface area (Å²) in [6.45, 7) is 1.97. The van der Waals surface area contributed by atoms with Crippen molar-refractivity contribution >= 4 is 29.1 Å². The van der Waals surface area contributed by atoms with Gasteiger partial charge >= 0.3 is 12.1 Å². The first-order valence-electron chi connectivity index (χ1n) is 11.5. The van der Waals surface area contributed by atoms with E-state index in [9.17, 15) is 18.0 Å². The number of carboxylic acid groups (broad SMARTS) is 1. The molecular formula is C27H24F3N3O3S2. The summed E-state index contributed by atoms with van der Waals surface area (Å²) in [5, 5.41) is 17.6. The zero-order valence-electron chi connectivity index (χ0n) is 20.2. The molecule has 4 aromatic rings. The standard InChI is InChI=1S/C27H24F3N3O3S2/c1-26(31,13-12-23(34)35)25-33-32-24(38-25)18-10-11-22(21(14-18)27(28,29)30)37-20-9-5-8-19(15-20)36-16-17-6-3-2-4-7-17/h2-11,14-15H,12-13,16,31H2,1H3,(H,34,35)/t26-/m0/s1. The van der Waals surface area contributed by atoms with Crippen LogP contribution in [-0.2, 0) is 23.1 Å². The van der Waals surface area contributed by atoms with Crippen LogP contribution in [0.1, 0.15) is 35.9 Å². The summed E-state index contributed by atoms with van der Waals surface area (Å²) in [6.07, 6.45) is -4.64. The van der Waals surface area contributed by atoms with E-state index in [-0.39, 0.29) is 28.3 Å². The third kappa shape index (κ3) is 7.12. The molecule has 1 heterocycles. The molecule has 198 valence electrons. The predicted molar refractivity (Wildman–Crippen MR) is 140 cm³/mol. The van der Waals surface area contributed by atoms with E-state index in [1.807, 2.05) is 30.3 Å². The van der Waals surface area contributed by atoms with E-state index in [4.69, 9.17) is 15.6 Å². The number of hydrogen-bond acceptors (Lipinski definition) is 7. The van der Waals surface area contributed by atoms with Crippen molar-refractivity contribution < 1.29 is 27.8 Å². The van der Waals surface area contributed by atoms with Crippen molar-refractivity contribution in [3.63, 3.8) is 0 Å². The maximum Gasteiger partial charge on any atom is 0.417 e. The lowest BCUT2D eigenvalue weighted by Gasteiger charge is -2.19. The Morgan fingerprint density at radius 2 is 1.82 bits per heavy atom. The van der Waals surface area contributed by atoms with Crippen LogP contribution >= 0.6 is 23.1 Å². The van der Waals surface area contributed by atoms with Gasteiger partial charge in [0.2, 0.25) is 0 Å². The number of halogens is 3. The van der Waals surface area contributed by atoms with Crippen molar-refractivity contribution in [2.24, 2.45) is 5.73 Å². The molecule has 0 saturated carbocycles. The van der Waals surface area contributed by atoms with Crippen LogP contribution in [0.15, 0.2) is 82.6 Å². The van der Waals surface area contributed by atoms with Gasteiger partial charge in [0, 0.05) is 21.8 Å². The fraction of sp³-hybridized carbons (Fsp3) is 0.222. The van der Waals surface area contributed by atoms with Gasteiger partial charge in [0.25, 0.3) is 0 Å². The molecule has 0 amide bonds. The number of carboxylic acids is 1. The molecule has 0 aliphatic rings. The Hall–Kier alpha value is -3.41. The van der Waals surface area contributed by atoms with Gasteiger partial charge in [-0.25, -0.2) is 0 Å². The van der Waals surface area contributed by atoms with Gasteiger partial charge in [0.1, 0.15) is 22.4 Å². The molecule has 0 spiro atoms. The molecule has 38 heavy (non-hydrogen) atoms. The second kappa shape index (κ2) is 11.5. The summed E-state index contributed by atoms with van der Waals surface area (Å²) >= 11 is 2.04. The Labute approximate surface area is 225 Å². The molecule has 1 atom stereocenters. The van der Waals surface area contributed by atoms with Crippen molar-refractivity contribution in [3.8, 4) is 16.3 Å². The normalized spacial score (nSPS) is 13.2. The van der Waals surface area contributed by atoms with Crippen LogP contribution in [0.3, 0.4) is 0 Å². The molecule has 0 unspecified atom stereocenters.